The molecule has 0 amide bonds. The van der Waals surface area contributed by atoms with Crippen LogP contribution in [0.5, 0.6) is 0 Å². The van der Waals surface area contributed by atoms with Crippen molar-refractivity contribution in [1.29, 1.82) is 0 Å². The average Bonchev–Trinajstić information content (AvgIpc) is 2.69. The summed E-state index contributed by atoms with van der Waals surface area (Å²) in [4.78, 5) is 2.75. The molecule has 1 aromatic carbocycles. The zero-order chi connectivity index (χ0) is 14.0. The highest BCUT2D eigenvalue weighted by Crippen LogP contribution is 2.34. The quantitative estimate of drug-likeness (QED) is 0.834. The molecule has 1 heterocycles. The summed E-state index contributed by atoms with van der Waals surface area (Å²) in [7, 11) is 0. The van der Waals surface area contributed by atoms with E-state index in [9.17, 15) is 0 Å². The number of rotatable bonds is 4. The molecule has 0 fully saturated rings. The van der Waals surface area contributed by atoms with Crippen molar-refractivity contribution < 1.29 is 0 Å². The molecule has 0 radical (unpaired) electrons. The third kappa shape index (κ3) is 3.19. The molecule has 19 heavy (non-hydrogen) atoms. The molecule has 0 spiro atoms. The summed E-state index contributed by atoms with van der Waals surface area (Å²) in [6.45, 7) is 9.57. The molecule has 1 aromatic heterocycles. The van der Waals surface area contributed by atoms with E-state index in [1.54, 1.807) is 0 Å². The summed E-state index contributed by atoms with van der Waals surface area (Å²) in [5.74, 6) is 0. The minimum Gasteiger partial charge on any atom is -0.306 e. The van der Waals surface area contributed by atoms with Crippen molar-refractivity contribution in [3.8, 4) is 0 Å². The van der Waals surface area contributed by atoms with E-state index in [-0.39, 0.29) is 6.04 Å². The highest BCUT2D eigenvalue weighted by atomic mass is 35.5. The van der Waals surface area contributed by atoms with Crippen LogP contribution in [0.3, 0.4) is 0 Å². The molecule has 102 valence electrons. The molecule has 0 bridgehead atoms. The van der Waals surface area contributed by atoms with E-state index in [1.165, 1.54) is 26.4 Å². The lowest BCUT2D eigenvalue weighted by Crippen LogP contribution is -2.22. The lowest BCUT2D eigenvalue weighted by Gasteiger charge is -2.20. The smallest absolute Gasteiger partial charge is 0.0676 e. The third-order valence-electron chi connectivity index (χ3n) is 3.30. The standard InChI is InChI=1S/C16H20ClNS/c1-5-18-15(16-11(3)8-12(4)19-16)14-9-13(17)7-6-10(14)2/h6-9,15,18H,5H2,1-4H3. The number of hydrogen-bond donors (Lipinski definition) is 1. The van der Waals surface area contributed by atoms with Crippen LogP contribution in [-0.4, -0.2) is 6.54 Å². The Hall–Kier alpha value is -0.830. The van der Waals surface area contributed by atoms with Crippen LogP contribution in [-0.2, 0) is 0 Å². The minimum atomic E-state index is 0.238. The normalized spacial score (nSPS) is 12.7. The van der Waals surface area contributed by atoms with Crippen LogP contribution in [0.25, 0.3) is 0 Å². The van der Waals surface area contributed by atoms with Gasteiger partial charge in [0.15, 0.2) is 0 Å². The van der Waals surface area contributed by atoms with Gasteiger partial charge in [-0.3, -0.25) is 0 Å². The fourth-order valence-corrected chi connectivity index (χ4v) is 3.73. The van der Waals surface area contributed by atoms with Crippen LogP contribution in [0.2, 0.25) is 5.02 Å². The summed E-state index contributed by atoms with van der Waals surface area (Å²) < 4.78 is 0. The van der Waals surface area contributed by atoms with Crippen molar-refractivity contribution >= 4 is 22.9 Å². The van der Waals surface area contributed by atoms with Gasteiger partial charge < -0.3 is 5.32 Å². The van der Waals surface area contributed by atoms with E-state index in [0.717, 1.165) is 11.6 Å². The Kier molecular flexibility index (Phi) is 4.67. The van der Waals surface area contributed by atoms with E-state index in [0.29, 0.717) is 0 Å². The second-order valence-electron chi connectivity index (χ2n) is 4.90. The van der Waals surface area contributed by atoms with Gasteiger partial charge in [-0.25, -0.2) is 0 Å². The molecule has 0 aliphatic rings. The van der Waals surface area contributed by atoms with E-state index >= 15 is 0 Å². The molecule has 3 heteroatoms. The molecule has 1 N–H and O–H groups in total. The molecule has 2 aromatic rings. The lowest BCUT2D eigenvalue weighted by molar-refractivity contribution is 0.634. The van der Waals surface area contributed by atoms with Crippen molar-refractivity contribution in [1.82, 2.24) is 5.32 Å². The van der Waals surface area contributed by atoms with Crippen molar-refractivity contribution in [2.75, 3.05) is 6.54 Å². The average molecular weight is 294 g/mol. The number of hydrogen-bond acceptors (Lipinski definition) is 2. The highest BCUT2D eigenvalue weighted by molar-refractivity contribution is 7.12. The summed E-state index contributed by atoms with van der Waals surface area (Å²) >= 11 is 8.04. The summed E-state index contributed by atoms with van der Waals surface area (Å²) in [5.41, 5.74) is 3.91. The van der Waals surface area contributed by atoms with Gasteiger partial charge in [0.1, 0.15) is 0 Å². The Balaban J connectivity index is 2.51. The predicted octanol–water partition coefficient (Wildman–Crippen LogP) is 5.03. The first-order chi connectivity index (χ1) is 9.02. The maximum Gasteiger partial charge on any atom is 0.0676 e. The first-order valence-electron chi connectivity index (χ1n) is 6.59. The van der Waals surface area contributed by atoms with Crippen LogP contribution in [0.4, 0.5) is 0 Å². The van der Waals surface area contributed by atoms with Gasteiger partial charge in [0.05, 0.1) is 6.04 Å². The van der Waals surface area contributed by atoms with E-state index in [2.05, 4.69) is 51.2 Å². The molecule has 0 aliphatic carbocycles. The van der Waals surface area contributed by atoms with Gasteiger partial charge in [-0.1, -0.05) is 24.6 Å². The van der Waals surface area contributed by atoms with Crippen LogP contribution < -0.4 is 5.32 Å². The van der Waals surface area contributed by atoms with Crippen LogP contribution >= 0.6 is 22.9 Å². The summed E-state index contributed by atoms with van der Waals surface area (Å²) in [5, 5.41) is 4.39. The number of halogens is 1. The zero-order valence-corrected chi connectivity index (χ0v) is 13.5. The van der Waals surface area contributed by atoms with Gasteiger partial charge in [-0.2, -0.15) is 0 Å². The molecule has 0 aliphatic heterocycles. The first kappa shape index (κ1) is 14.6. The lowest BCUT2D eigenvalue weighted by atomic mass is 9.98. The predicted molar refractivity (Wildman–Crippen MR) is 85.5 cm³/mol. The topological polar surface area (TPSA) is 12.0 Å². The Morgan fingerprint density at radius 2 is 1.89 bits per heavy atom. The van der Waals surface area contributed by atoms with E-state index in [1.807, 2.05) is 17.4 Å². The molecule has 1 nitrogen and oxygen atoms in total. The van der Waals surface area contributed by atoms with Gasteiger partial charge in [-0.05, 0) is 62.2 Å². The van der Waals surface area contributed by atoms with Crippen molar-refractivity contribution in [3.05, 3.63) is 55.7 Å². The van der Waals surface area contributed by atoms with E-state index in [4.69, 9.17) is 11.6 Å². The maximum absolute atomic E-state index is 6.17. The number of aryl methyl sites for hydroxylation is 3. The Morgan fingerprint density at radius 1 is 1.16 bits per heavy atom. The van der Waals surface area contributed by atoms with E-state index < -0.39 is 0 Å². The summed E-state index contributed by atoms with van der Waals surface area (Å²) in [6.07, 6.45) is 0. The molecule has 2 rings (SSSR count). The molecule has 1 atom stereocenters. The molecule has 0 saturated carbocycles. The number of benzene rings is 1. The van der Waals surface area contributed by atoms with Gasteiger partial charge in [0.25, 0.3) is 0 Å². The van der Waals surface area contributed by atoms with Crippen LogP contribution in [0.15, 0.2) is 24.3 Å². The Morgan fingerprint density at radius 3 is 2.47 bits per heavy atom. The molecule has 0 saturated heterocycles. The zero-order valence-electron chi connectivity index (χ0n) is 11.9. The third-order valence-corrected chi connectivity index (χ3v) is 4.75. The number of nitrogens with one attached hydrogen (secondary N) is 1. The van der Waals surface area contributed by atoms with Crippen LogP contribution in [0, 0.1) is 20.8 Å². The van der Waals surface area contributed by atoms with Crippen molar-refractivity contribution in [3.63, 3.8) is 0 Å². The van der Waals surface area contributed by atoms with Gasteiger partial charge >= 0.3 is 0 Å². The second-order valence-corrected chi connectivity index (χ2v) is 6.62. The Bertz CT molecular complexity index is 574. The minimum absolute atomic E-state index is 0.238. The molecule has 1 unspecified atom stereocenters. The van der Waals surface area contributed by atoms with Gasteiger partial charge in [0, 0.05) is 14.8 Å². The van der Waals surface area contributed by atoms with Gasteiger partial charge in [-0.15, -0.1) is 11.3 Å². The monoisotopic (exact) mass is 293 g/mol. The first-order valence-corrected chi connectivity index (χ1v) is 7.78. The second kappa shape index (κ2) is 6.08. The van der Waals surface area contributed by atoms with Crippen molar-refractivity contribution in [2.24, 2.45) is 0 Å². The highest BCUT2D eigenvalue weighted by Gasteiger charge is 2.19. The fraction of sp³-hybridized carbons (Fsp3) is 0.375. The Labute approximate surface area is 124 Å². The molecular weight excluding hydrogens is 274 g/mol. The van der Waals surface area contributed by atoms with Crippen LogP contribution in [0.1, 0.15) is 39.4 Å². The largest absolute Gasteiger partial charge is 0.306 e. The SMILES string of the molecule is CCNC(c1cc(Cl)ccc1C)c1sc(C)cc1C. The molecular formula is C16H20ClNS. The number of thiophene rings is 1. The summed E-state index contributed by atoms with van der Waals surface area (Å²) in [6, 6.07) is 8.62. The maximum atomic E-state index is 6.17. The van der Waals surface area contributed by atoms with Gasteiger partial charge in [0.2, 0.25) is 0 Å². The van der Waals surface area contributed by atoms with Crippen molar-refractivity contribution in [2.45, 2.75) is 33.7 Å². The fourth-order valence-electron chi connectivity index (χ4n) is 2.42.